The van der Waals surface area contributed by atoms with Gasteiger partial charge in [0.2, 0.25) is 0 Å². The molecule has 3 rings (SSSR count). The van der Waals surface area contributed by atoms with Crippen LogP contribution in [-0.4, -0.2) is 105 Å². The van der Waals surface area contributed by atoms with E-state index >= 15 is 0 Å². The van der Waals surface area contributed by atoms with E-state index in [1.54, 1.807) is 0 Å². The smallest absolute Gasteiger partial charge is 0.341 e. The van der Waals surface area contributed by atoms with Gasteiger partial charge in [0, 0.05) is 26.2 Å². The van der Waals surface area contributed by atoms with Gasteiger partial charge >= 0.3 is 23.9 Å². The SMILES string of the molecule is [2H]C([2H])(OC(=O)c1c2c(c([CH2])c3c1SC(C)(C)S3)SC(C)(C)S2)C(=O)NC(CCOCCC(=O)O)(COCCC(=O)O)COCCC(=O)O. The first kappa shape index (κ1) is 36.1. The maximum atomic E-state index is 13.9. The zero-order chi connectivity index (χ0) is 36.8. The molecule has 0 saturated heterocycles. The summed E-state index contributed by atoms with van der Waals surface area (Å²) in [5.74, 6) is -5.86. The van der Waals surface area contributed by atoms with Gasteiger partial charge in [-0.3, -0.25) is 19.2 Å². The van der Waals surface area contributed by atoms with Crippen LogP contribution in [0.25, 0.3) is 0 Å². The zero-order valence-electron chi connectivity index (χ0n) is 28.4. The molecular weight excluding hydrogens is 695 g/mol. The average molecular weight is 737 g/mol. The first-order valence-electron chi connectivity index (χ1n) is 15.4. The van der Waals surface area contributed by atoms with Gasteiger partial charge in [-0.15, -0.1) is 47.0 Å². The Morgan fingerprint density at radius 3 is 1.62 bits per heavy atom. The Morgan fingerprint density at radius 1 is 0.745 bits per heavy atom. The van der Waals surface area contributed by atoms with Crippen LogP contribution in [0.2, 0.25) is 0 Å². The van der Waals surface area contributed by atoms with Gasteiger partial charge in [-0.25, -0.2) is 4.79 Å². The number of amides is 1. The second-order valence-electron chi connectivity index (χ2n) is 11.5. The average Bonchev–Trinajstić information content (AvgIpc) is 3.47. The number of benzene rings is 1. The van der Waals surface area contributed by atoms with E-state index in [4.69, 9.17) is 37.0 Å². The third kappa shape index (κ3) is 11.7. The molecule has 0 aromatic heterocycles. The van der Waals surface area contributed by atoms with Crippen LogP contribution in [0.1, 0.15) is 72.0 Å². The number of carboxylic acids is 3. The lowest BCUT2D eigenvalue weighted by Gasteiger charge is -2.34. The third-order valence-corrected chi connectivity index (χ3v) is 12.2. The van der Waals surface area contributed by atoms with Crippen LogP contribution in [-0.2, 0) is 38.1 Å². The van der Waals surface area contributed by atoms with Crippen molar-refractivity contribution in [2.75, 3.05) is 46.2 Å². The molecule has 1 aromatic carbocycles. The summed E-state index contributed by atoms with van der Waals surface area (Å²) < 4.78 is 38.1. The van der Waals surface area contributed by atoms with Crippen molar-refractivity contribution in [2.45, 2.75) is 86.7 Å². The van der Waals surface area contributed by atoms with Crippen LogP contribution in [0.3, 0.4) is 0 Å². The number of ether oxygens (including phenoxy) is 4. The lowest BCUT2D eigenvalue weighted by atomic mass is 9.97. The van der Waals surface area contributed by atoms with Crippen molar-refractivity contribution in [2.24, 2.45) is 0 Å². The van der Waals surface area contributed by atoms with Gasteiger partial charge in [0.05, 0.1) is 74.3 Å². The number of fused-ring (bicyclic) bond motifs is 2. The summed E-state index contributed by atoms with van der Waals surface area (Å²) >= 11 is 5.92. The number of carbonyl (C=O) groups excluding carboxylic acids is 2. The van der Waals surface area contributed by atoms with Crippen LogP contribution < -0.4 is 5.32 Å². The van der Waals surface area contributed by atoms with Gasteiger partial charge in [0.1, 0.15) is 0 Å². The minimum atomic E-state index is -3.24. The lowest BCUT2D eigenvalue weighted by molar-refractivity contribution is -0.140. The molecule has 17 heteroatoms. The van der Waals surface area contributed by atoms with Crippen molar-refractivity contribution in [1.29, 1.82) is 0 Å². The Labute approximate surface area is 293 Å². The number of aliphatic carboxylic acids is 3. The van der Waals surface area contributed by atoms with E-state index < -0.39 is 67.9 Å². The zero-order valence-corrected chi connectivity index (χ0v) is 29.7. The summed E-state index contributed by atoms with van der Waals surface area (Å²) in [5.41, 5.74) is -0.718. The normalized spacial score (nSPS) is 16.9. The van der Waals surface area contributed by atoms with Gasteiger partial charge < -0.3 is 39.6 Å². The first-order chi connectivity index (χ1) is 22.7. The Balaban J connectivity index is 1.90. The highest BCUT2D eigenvalue weighted by Gasteiger charge is 2.43. The fraction of sp³-hybridized carbons (Fsp3) is 0.600. The summed E-state index contributed by atoms with van der Waals surface area (Å²) in [7, 11) is 0. The molecule has 2 aliphatic rings. The van der Waals surface area contributed by atoms with E-state index in [9.17, 15) is 24.0 Å². The summed E-state index contributed by atoms with van der Waals surface area (Å²) in [6, 6.07) is 0. The first-order valence-corrected chi connectivity index (χ1v) is 17.7. The van der Waals surface area contributed by atoms with E-state index in [-0.39, 0.29) is 53.0 Å². The summed E-state index contributed by atoms with van der Waals surface area (Å²) in [6.07, 6.45) is -1.25. The molecule has 0 spiro atoms. The van der Waals surface area contributed by atoms with Gasteiger partial charge in [-0.2, -0.15) is 0 Å². The van der Waals surface area contributed by atoms with E-state index in [1.807, 2.05) is 27.7 Å². The van der Waals surface area contributed by atoms with Gasteiger partial charge in [0.25, 0.3) is 5.91 Å². The minimum Gasteiger partial charge on any atom is -0.481 e. The van der Waals surface area contributed by atoms with Crippen LogP contribution in [0.5, 0.6) is 0 Å². The number of hydrogen-bond donors (Lipinski definition) is 4. The fourth-order valence-electron chi connectivity index (χ4n) is 4.44. The maximum Gasteiger partial charge on any atom is 0.341 e. The quantitative estimate of drug-likeness (QED) is 0.107. The molecule has 0 saturated carbocycles. The molecule has 2 heterocycles. The number of carboxylic acid groups (broad SMARTS) is 3. The monoisotopic (exact) mass is 736 g/mol. The standard InChI is InChI=1S/C30H40NO12S4/c1-17-23-25(46-28(2,3)44-23)22(26-24(17)45-29(4,5)47-26)27(39)43-14-18(32)31-30(15-41-11-7-20(35)36,16-42-12-8-21(37)38)9-13-40-10-6-19(33)34/h1,6-16H2,2-5H3,(H,31,32)(H,33,34)(H,35,36)(H,37,38)/i14D2. The largest absolute Gasteiger partial charge is 0.481 e. The number of carbonyl (C=O) groups is 5. The maximum absolute atomic E-state index is 13.9. The summed E-state index contributed by atoms with van der Waals surface area (Å²) in [6.45, 7) is 7.19. The minimum absolute atomic E-state index is 0.146. The predicted octanol–water partition coefficient (Wildman–Crippen LogP) is 4.61. The Bertz CT molecular complexity index is 1390. The van der Waals surface area contributed by atoms with Crippen molar-refractivity contribution in [3.8, 4) is 0 Å². The molecule has 1 amide bonds. The summed E-state index contributed by atoms with van der Waals surface area (Å²) in [4.78, 5) is 63.3. The number of rotatable bonds is 20. The van der Waals surface area contributed by atoms with E-state index in [0.29, 0.717) is 9.79 Å². The van der Waals surface area contributed by atoms with Crippen LogP contribution >= 0.6 is 47.0 Å². The molecule has 13 nitrogen and oxygen atoms in total. The molecule has 4 N–H and O–H groups in total. The van der Waals surface area contributed by atoms with Gasteiger partial charge in [-0.05, 0) is 46.6 Å². The second-order valence-corrected chi connectivity index (χ2v) is 18.6. The molecule has 1 aromatic rings. The van der Waals surface area contributed by atoms with Crippen LogP contribution in [0, 0.1) is 6.92 Å². The number of nitrogens with one attached hydrogen (secondary N) is 1. The van der Waals surface area contributed by atoms with Gasteiger partial charge in [0.15, 0.2) is 6.56 Å². The highest BCUT2D eigenvalue weighted by molar-refractivity contribution is 8.21. The molecule has 47 heavy (non-hydrogen) atoms. The molecule has 2 aliphatic heterocycles. The highest BCUT2D eigenvalue weighted by atomic mass is 32.2. The second kappa shape index (κ2) is 17.0. The molecule has 261 valence electrons. The van der Waals surface area contributed by atoms with Crippen molar-refractivity contribution >= 4 is 76.8 Å². The predicted molar refractivity (Wildman–Crippen MR) is 177 cm³/mol. The van der Waals surface area contributed by atoms with Crippen LogP contribution in [0.15, 0.2) is 19.6 Å². The third-order valence-electron chi connectivity index (χ3n) is 6.49. The van der Waals surface area contributed by atoms with E-state index in [0.717, 1.165) is 15.4 Å². The molecular formula is C30H40NO12S4. The molecule has 0 aliphatic carbocycles. The number of thioether (sulfide) groups is 4. The topological polar surface area (TPSA) is 195 Å². The lowest BCUT2D eigenvalue weighted by Crippen LogP contribution is -2.57. The summed E-state index contributed by atoms with van der Waals surface area (Å²) in [5, 5.41) is 29.5. The number of esters is 1. The molecule has 0 unspecified atom stereocenters. The van der Waals surface area contributed by atoms with Crippen molar-refractivity contribution < 1.29 is 61.0 Å². The molecule has 0 atom stereocenters. The van der Waals surface area contributed by atoms with Crippen LogP contribution in [0.4, 0.5) is 0 Å². The van der Waals surface area contributed by atoms with E-state index in [2.05, 4.69) is 12.2 Å². The molecule has 0 fully saturated rings. The molecule has 1 radical (unpaired) electrons. The fourth-order valence-corrected chi connectivity index (χ4v) is 10.2. The van der Waals surface area contributed by atoms with E-state index in [1.165, 1.54) is 47.0 Å². The Kier molecular flexibility index (Phi) is 13.1. The van der Waals surface area contributed by atoms with Crippen molar-refractivity contribution in [3.63, 3.8) is 0 Å². The molecule has 0 bridgehead atoms. The Hall–Kier alpha value is -2.15. The Morgan fingerprint density at radius 2 is 1.17 bits per heavy atom. The number of hydrogen-bond acceptors (Lipinski definition) is 13. The van der Waals surface area contributed by atoms with Crippen molar-refractivity contribution in [3.05, 3.63) is 18.1 Å². The highest BCUT2D eigenvalue weighted by Crippen LogP contribution is 2.65. The van der Waals surface area contributed by atoms with Gasteiger partial charge in [-0.1, -0.05) is 0 Å². The van der Waals surface area contributed by atoms with Crippen molar-refractivity contribution in [1.82, 2.24) is 5.32 Å².